The van der Waals surface area contributed by atoms with E-state index in [1.807, 2.05) is 60.7 Å². The van der Waals surface area contributed by atoms with E-state index in [-0.39, 0.29) is 5.69 Å². The Morgan fingerprint density at radius 3 is 1.60 bits per heavy atom. The second-order valence-electron chi connectivity index (χ2n) is 7.27. The molecule has 0 atom stereocenters. The zero-order chi connectivity index (χ0) is 20.6. The van der Waals surface area contributed by atoms with Gasteiger partial charge in [-0.25, -0.2) is 9.07 Å². The van der Waals surface area contributed by atoms with Gasteiger partial charge in [0, 0.05) is 5.39 Å². The number of hydrogen-bond donors (Lipinski definition) is 1. The molecule has 0 amide bonds. The Morgan fingerprint density at radius 1 is 0.667 bits per heavy atom. The van der Waals surface area contributed by atoms with Gasteiger partial charge in [-0.15, -0.1) is 0 Å². The summed E-state index contributed by atoms with van der Waals surface area (Å²) in [4.78, 5) is 0. The van der Waals surface area contributed by atoms with Crippen molar-refractivity contribution in [1.29, 1.82) is 0 Å². The van der Waals surface area contributed by atoms with Gasteiger partial charge in [0.2, 0.25) is 0 Å². The number of hydrogen-bond acceptors (Lipinski definition) is 2. The monoisotopic (exact) mass is 393 g/mol. The summed E-state index contributed by atoms with van der Waals surface area (Å²) in [6.07, 6.45) is 1.70. The first-order valence-electron chi connectivity index (χ1n) is 9.81. The molecule has 4 heteroatoms. The lowest BCUT2D eigenvalue weighted by Crippen LogP contribution is -2.38. The molecule has 0 aliphatic heterocycles. The minimum atomic E-state index is -0.875. The highest BCUT2D eigenvalue weighted by molar-refractivity contribution is 5.84. The van der Waals surface area contributed by atoms with Crippen LogP contribution in [0.5, 0.6) is 0 Å². The predicted octanol–water partition coefficient (Wildman–Crippen LogP) is 5.60. The van der Waals surface area contributed by atoms with Gasteiger partial charge in [-0.1, -0.05) is 91.0 Å². The second kappa shape index (κ2) is 7.16. The molecule has 146 valence electrons. The van der Waals surface area contributed by atoms with Crippen LogP contribution in [0.15, 0.2) is 109 Å². The van der Waals surface area contributed by atoms with Gasteiger partial charge < -0.3 is 5.73 Å². The Bertz CT molecular complexity index is 1200. The Morgan fingerprint density at radius 2 is 1.13 bits per heavy atom. The Kier molecular flexibility index (Phi) is 4.32. The summed E-state index contributed by atoms with van der Waals surface area (Å²) in [6.45, 7) is 0. The average Bonchev–Trinajstić information content (AvgIpc) is 3.24. The van der Waals surface area contributed by atoms with Crippen molar-refractivity contribution in [2.45, 2.75) is 5.54 Å². The third-order valence-electron chi connectivity index (χ3n) is 5.59. The quantitative estimate of drug-likeness (QED) is 0.319. The summed E-state index contributed by atoms with van der Waals surface area (Å²) in [6, 6.07) is 33.6. The fraction of sp³-hybridized carbons (Fsp3) is 0.0385. The largest absolute Gasteiger partial charge is 0.396 e. The van der Waals surface area contributed by atoms with Crippen molar-refractivity contribution in [3.8, 4) is 0 Å². The van der Waals surface area contributed by atoms with Crippen LogP contribution in [0.4, 0.5) is 10.1 Å². The van der Waals surface area contributed by atoms with Crippen molar-refractivity contribution in [2.24, 2.45) is 0 Å². The fourth-order valence-corrected chi connectivity index (χ4v) is 4.25. The number of rotatable bonds is 4. The van der Waals surface area contributed by atoms with E-state index in [1.54, 1.807) is 16.9 Å². The van der Waals surface area contributed by atoms with Crippen LogP contribution in [0.25, 0.3) is 10.9 Å². The van der Waals surface area contributed by atoms with Crippen molar-refractivity contribution in [3.63, 3.8) is 0 Å². The topological polar surface area (TPSA) is 43.8 Å². The molecule has 0 saturated heterocycles. The van der Waals surface area contributed by atoms with Crippen LogP contribution in [0.1, 0.15) is 16.7 Å². The maximum Gasteiger partial charge on any atom is 0.171 e. The molecule has 1 heterocycles. The van der Waals surface area contributed by atoms with Gasteiger partial charge in [-0.2, -0.15) is 5.10 Å². The van der Waals surface area contributed by atoms with Crippen molar-refractivity contribution < 1.29 is 4.39 Å². The lowest BCUT2D eigenvalue weighted by atomic mass is 9.77. The van der Waals surface area contributed by atoms with E-state index in [0.717, 1.165) is 16.7 Å². The number of fused-ring (bicyclic) bond motifs is 1. The first-order chi connectivity index (χ1) is 14.7. The number of nitrogens with two attached hydrogens (primary N) is 1. The molecule has 0 spiro atoms. The minimum absolute atomic E-state index is 0.104. The number of nitrogen functional groups attached to an aromatic ring is 1. The normalized spacial score (nSPS) is 11.6. The molecule has 0 unspecified atom stereocenters. The highest BCUT2D eigenvalue weighted by atomic mass is 19.1. The molecule has 0 radical (unpaired) electrons. The molecule has 0 aliphatic carbocycles. The lowest BCUT2D eigenvalue weighted by molar-refractivity contribution is 0.468. The summed E-state index contributed by atoms with van der Waals surface area (Å²) in [5.41, 5.74) is 8.51. The van der Waals surface area contributed by atoms with Gasteiger partial charge >= 0.3 is 0 Å². The number of halogens is 1. The predicted molar refractivity (Wildman–Crippen MR) is 119 cm³/mol. The Hall–Kier alpha value is -3.92. The van der Waals surface area contributed by atoms with Gasteiger partial charge in [0.1, 0.15) is 11.1 Å². The molecule has 5 rings (SSSR count). The number of anilines is 1. The van der Waals surface area contributed by atoms with E-state index in [4.69, 9.17) is 10.8 Å². The molecule has 3 nitrogen and oxygen atoms in total. The van der Waals surface area contributed by atoms with E-state index in [0.29, 0.717) is 10.9 Å². The fourth-order valence-electron chi connectivity index (χ4n) is 4.25. The molecule has 1 aromatic heterocycles. The smallest absolute Gasteiger partial charge is 0.171 e. The zero-order valence-electron chi connectivity index (χ0n) is 16.2. The first kappa shape index (κ1) is 18.1. The van der Waals surface area contributed by atoms with Gasteiger partial charge in [0.15, 0.2) is 5.82 Å². The van der Waals surface area contributed by atoms with Crippen molar-refractivity contribution in [3.05, 3.63) is 132 Å². The molecule has 2 N–H and O–H groups in total. The molecule has 0 bridgehead atoms. The number of aromatic nitrogens is 2. The molecule has 30 heavy (non-hydrogen) atoms. The Balaban J connectivity index is 2.00. The van der Waals surface area contributed by atoms with Gasteiger partial charge in [0.05, 0.1) is 11.9 Å². The zero-order valence-corrected chi connectivity index (χ0v) is 16.2. The maximum atomic E-state index is 15.4. The van der Waals surface area contributed by atoms with Crippen molar-refractivity contribution in [1.82, 2.24) is 9.78 Å². The SMILES string of the molecule is Nc1ccc2cnn(C(c3ccccc3)(c3ccccc3)c3ccccc3)c2c1F. The van der Waals surface area contributed by atoms with E-state index < -0.39 is 11.4 Å². The first-order valence-corrected chi connectivity index (χ1v) is 9.81. The van der Waals surface area contributed by atoms with Gasteiger partial charge in [0.25, 0.3) is 0 Å². The lowest BCUT2D eigenvalue weighted by Gasteiger charge is -2.37. The summed E-state index contributed by atoms with van der Waals surface area (Å²) in [7, 11) is 0. The highest BCUT2D eigenvalue weighted by Gasteiger charge is 2.40. The summed E-state index contributed by atoms with van der Waals surface area (Å²) >= 11 is 0. The highest BCUT2D eigenvalue weighted by Crippen LogP contribution is 2.42. The molecule has 0 saturated carbocycles. The van der Waals surface area contributed by atoms with Gasteiger partial charge in [-0.3, -0.25) is 0 Å². The van der Waals surface area contributed by atoms with Crippen molar-refractivity contribution >= 4 is 16.6 Å². The third kappa shape index (κ3) is 2.61. The van der Waals surface area contributed by atoms with E-state index >= 15 is 4.39 Å². The number of nitrogens with zero attached hydrogens (tertiary/aromatic N) is 2. The van der Waals surface area contributed by atoms with E-state index in [1.165, 1.54) is 0 Å². The molecular formula is C26H20FN3. The van der Waals surface area contributed by atoms with Crippen molar-refractivity contribution in [2.75, 3.05) is 5.73 Å². The Labute approximate surface area is 174 Å². The second-order valence-corrected chi connectivity index (χ2v) is 7.27. The average molecular weight is 393 g/mol. The number of benzene rings is 4. The molecular weight excluding hydrogens is 373 g/mol. The maximum absolute atomic E-state index is 15.4. The van der Waals surface area contributed by atoms with Crippen LogP contribution in [0.3, 0.4) is 0 Å². The van der Waals surface area contributed by atoms with Crippen LogP contribution in [0.2, 0.25) is 0 Å². The summed E-state index contributed by atoms with van der Waals surface area (Å²) in [5, 5.41) is 5.42. The van der Waals surface area contributed by atoms with Crippen LogP contribution in [-0.4, -0.2) is 9.78 Å². The van der Waals surface area contributed by atoms with Gasteiger partial charge in [-0.05, 0) is 28.8 Å². The summed E-state index contributed by atoms with van der Waals surface area (Å²) < 4.78 is 17.2. The standard InChI is InChI=1S/C26H20FN3/c27-24-23(28)17-16-19-18-29-30(25(19)24)26(20-10-4-1-5-11-20,21-12-6-2-7-13-21)22-14-8-3-9-15-22/h1-18H,28H2. The molecule has 0 fully saturated rings. The minimum Gasteiger partial charge on any atom is -0.396 e. The van der Waals surface area contributed by atoms with Crippen LogP contribution in [0, 0.1) is 5.82 Å². The molecule has 5 aromatic rings. The molecule has 4 aromatic carbocycles. The van der Waals surface area contributed by atoms with Crippen LogP contribution >= 0.6 is 0 Å². The van der Waals surface area contributed by atoms with E-state index in [2.05, 4.69) is 36.4 Å². The van der Waals surface area contributed by atoms with E-state index in [9.17, 15) is 0 Å². The van der Waals surface area contributed by atoms with Crippen LogP contribution in [-0.2, 0) is 5.54 Å². The third-order valence-corrected chi connectivity index (χ3v) is 5.59. The molecule has 0 aliphatic rings. The summed E-state index contributed by atoms with van der Waals surface area (Å²) in [5.74, 6) is -0.461. The van der Waals surface area contributed by atoms with Crippen LogP contribution < -0.4 is 5.73 Å².